The number of hydrazine groups is 1. The van der Waals surface area contributed by atoms with Gasteiger partial charge in [-0.1, -0.05) is 24.3 Å². The van der Waals surface area contributed by atoms with E-state index in [0.29, 0.717) is 22.1 Å². The molecule has 2 aromatic heterocycles. The van der Waals surface area contributed by atoms with Crippen LogP contribution in [0.5, 0.6) is 11.5 Å². The maximum atomic E-state index is 12.4. The number of hydrogen-bond donors (Lipinski definition) is 3. The van der Waals surface area contributed by atoms with E-state index in [0.717, 1.165) is 16.5 Å². The average Bonchev–Trinajstić information content (AvgIpc) is 3.45. The van der Waals surface area contributed by atoms with Crippen LogP contribution >= 0.6 is 11.3 Å². The summed E-state index contributed by atoms with van der Waals surface area (Å²) in [4.78, 5) is 32.2. The standard InChI is InChI=1S/C22H20N4O4S/c1-29-18-9-5-7-15(20(18)30-2)22-24-17(12-31-22)21(28)26-25-19(27)10-13-11-23-16-8-4-3-6-14(13)16/h3-9,11-12,23H,10H2,1-2H3,(H,25,27)(H,26,28). The number of para-hydroxylation sites is 2. The van der Waals surface area contributed by atoms with Gasteiger partial charge in [-0.15, -0.1) is 11.3 Å². The molecule has 0 aliphatic carbocycles. The summed E-state index contributed by atoms with van der Waals surface area (Å²) in [6.45, 7) is 0. The van der Waals surface area contributed by atoms with Crippen LogP contribution in [0.3, 0.4) is 0 Å². The molecule has 0 bridgehead atoms. The highest BCUT2D eigenvalue weighted by molar-refractivity contribution is 7.13. The van der Waals surface area contributed by atoms with E-state index in [1.807, 2.05) is 36.4 Å². The van der Waals surface area contributed by atoms with E-state index in [9.17, 15) is 9.59 Å². The van der Waals surface area contributed by atoms with Gasteiger partial charge in [0, 0.05) is 22.5 Å². The molecule has 0 unspecified atom stereocenters. The number of ether oxygens (including phenoxy) is 2. The molecule has 31 heavy (non-hydrogen) atoms. The maximum Gasteiger partial charge on any atom is 0.289 e. The highest BCUT2D eigenvalue weighted by atomic mass is 32.1. The zero-order valence-corrected chi connectivity index (χ0v) is 17.7. The van der Waals surface area contributed by atoms with Gasteiger partial charge in [0.1, 0.15) is 10.7 Å². The summed E-state index contributed by atoms with van der Waals surface area (Å²) in [7, 11) is 3.10. The number of aromatic nitrogens is 2. The molecule has 0 atom stereocenters. The lowest BCUT2D eigenvalue weighted by Gasteiger charge is -2.10. The van der Waals surface area contributed by atoms with Crippen molar-refractivity contribution in [1.29, 1.82) is 0 Å². The second-order valence-electron chi connectivity index (χ2n) is 6.62. The third kappa shape index (κ3) is 4.22. The average molecular weight is 436 g/mol. The summed E-state index contributed by atoms with van der Waals surface area (Å²) >= 11 is 1.29. The number of H-pyrrole nitrogens is 1. The minimum absolute atomic E-state index is 0.133. The number of nitrogens with zero attached hydrogens (tertiary/aromatic N) is 1. The molecule has 0 radical (unpaired) electrons. The smallest absolute Gasteiger partial charge is 0.289 e. The van der Waals surface area contributed by atoms with Gasteiger partial charge in [-0.05, 0) is 23.8 Å². The summed E-state index contributed by atoms with van der Waals surface area (Å²) in [6, 6.07) is 13.2. The first-order valence-electron chi connectivity index (χ1n) is 9.41. The van der Waals surface area contributed by atoms with Gasteiger partial charge in [0.25, 0.3) is 5.91 Å². The van der Waals surface area contributed by atoms with Crippen LogP contribution in [0, 0.1) is 0 Å². The van der Waals surface area contributed by atoms with Crippen LogP contribution in [0.4, 0.5) is 0 Å². The Hall–Kier alpha value is -3.85. The van der Waals surface area contributed by atoms with E-state index in [1.165, 1.54) is 11.3 Å². The highest BCUT2D eigenvalue weighted by Gasteiger charge is 2.18. The second kappa shape index (κ2) is 8.88. The topological polar surface area (TPSA) is 105 Å². The Labute approximate surface area is 182 Å². The van der Waals surface area contributed by atoms with Crippen molar-refractivity contribution in [1.82, 2.24) is 20.8 Å². The number of hydrogen-bond acceptors (Lipinski definition) is 6. The van der Waals surface area contributed by atoms with E-state index in [1.54, 1.807) is 31.9 Å². The molecular formula is C22H20N4O4S. The first kappa shape index (κ1) is 20.4. The third-order valence-corrected chi connectivity index (χ3v) is 5.59. The lowest BCUT2D eigenvalue weighted by molar-refractivity contribution is -0.121. The highest BCUT2D eigenvalue weighted by Crippen LogP contribution is 2.38. The summed E-state index contributed by atoms with van der Waals surface area (Å²) in [6.07, 6.45) is 1.92. The first-order valence-corrected chi connectivity index (χ1v) is 10.3. The second-order valence-corrected chi connectivity index (χ2v) is 7.48. The monoisotopic (exact) mass is 436 g/mol. The molecular weight excluding hydrogens is 416 g/mol. The van der Waals surface area contributed by atoms with Crippen LogP contribution in [0.15, 0.2) is 54.0 Å². The number of carbonyl (C=O) groups excluding carboxylic acids is 2. The van der Waals surface area contributed by atoms with Gasteiger partial charge in [0.05, 0.1) is 26.2 Å². The van der Waals surface area contributed by atoms with Crippen molar-refractivity contribution in [3.05, 3.63) is 65.3 Å². The fraction of sp³-hybridized carbons (Fsp3) is 0.136. The Morgan fingerprint density at radius 2 is 1.90 bits per heavy atom. The summed E-state index contributed by atoms with van der Waals surface area (Å²) in [5.74, 6) is 0.281. The fourth-order valence-corrected chi connectivity index (χ4v) is 4.06. The molecule has 0 aliphatic heterocycles. The molecule has 4 rings (SSSR count). The van der Waals surface area contributed by atoms with Crippen LogP contribution in [-0.4, -0.2) is 36.0 Å². The van der Waals surface area contributed by atoms with E-state index in [4.69, 9.17) is 9.47 Å². The first-order chi connectivity index (χ1) is 15.1. The molecule has 3 N–H and O–H groups in total. The Morgan fingerprint density at radius 1 is 1.06 bits per heavy atom. The number of rotatable bonds is 6. The molecule has 8 nitrogen and oxygen atoms in total. The van der Waals surface area contributed by atoms with Crippen LogP contribution in [0.25, 0.3) is 21.5 Å². The van der Waals surface area contributed by atoms with Gasteiger partial charge in [0.15, 0.2) is 11.5 Å². The van der Waals surface area contributed by atoms with Crippen molar-refractivity contribution < 1.29 is 19.1 Å². The SMILES string of the molecule is COc1cccc(-c2nc(C(=O)NNC(=O)Cc3c[nH]c4ccccc34)cs2)c1OC. The molecule has 0 spiro atoms. The number of nitrogens with one attached hydrogen (secondary N) is 3. The van der Waals surface area contributed by atoms with Crippen molar-refractivity contribution in [3.63, 3.8) is 0 Å². The van der Waals surface area contributed by atoms with Crippen LogP contribution in [-0.2, 0) is 11.2 Å². The van der Waals surface area contributed by atoms with Crippen LogP contribution < -0.4 is 20.3 Å². The predicted molar refractivity (Wildman–Crippen MR) is 118 cm³/mol. The Bertz CT molecular complexity index is 1250. The molecule has 4 aromatic rings. The van der Waals surface area contributed by atoms with Crippen molar-refractivity contribution in [2.45, 2.75) is 6.42 Å². The zero-order valence-electron chi connectivity index (χ0n) is 16.9. The Balaban J connectivity index is 1.41. The van der Waals surface area contributed by atoms with Crippen molar-refractivity contribution in [2.75, 3.05) is 14.2 Å². The van der Waals surface area contributed by atoms with Crippen molar-refractivity contribution in [2.24, 2.45) is 0 Å². The molecule has 2 aromatic carbocycles. The van der Waals surface area contributed by atoms with Gasteiger partial charge < -0.3 is 14.5 Å². The Morgan fingerprint density at radius 3 is 2.71 bits per heavy atom. The molecule has 2 amide bonds. The van der Waals surface area contributed by atoms with E-state index in [2.05, 4.69) is 20.8 Å². The van der Waals surface area contributed by atoms with Gasteiger partial charge in [-0.2, -0.15) is 0 Å². The molecule has 0 saturated carbocycles. The predicted octanol–water partition coefficient (Wildman–Crippen LogP) is 3.31. The molecule has 2 heterocycles. The molecule has 0 saturated heterocycles. The van der Waals surface area contributed by atoms with Gasteiger partial charge in [-0.25, -0.2) is 4.98 Å². The lowest BCUT2D eigenvalue weighted by Crippen LogP contribution is -2.42. The summed E-state index contributed by atoms with van der Waals surface area (Å²) in [5.41, 5.74) is 7.57. The van der Waals surface area contributed by atoms with Crippen molar-refractivity contribution in [3.8, 4) is 22.1 Å². The summed E-state index contributed by atoms with van der Waals surface area (Å²) in [5, 5.41) is 3.20. The van der Waals surface area contributed by atoms with E-state index >= 15 is 0 Å². The van der Waals surface area contributed by atoms with E-state index < -0.39 is 5.91 Å². The number of benzene rings is 2. The zero-order chi connectivity index (χ0) is 21.8. The number of fused-ring (bicyclic) bond motifs is 1. The lowest BCUT2D eigenvalue weighted by atomic mass is 10.1. The summed E-state index contributed by atoms with van der Waals surface area (Å²) < 4.78 is 10.7. The Kier molecular flexibility index (Phi) is 5.85. The quantitative estimate of drug-likeness (QED) is 0.402. The number of carbonyl (C=O) groups is 2. The largest absolute Gasteiger partial charge is 0.493 e. The minimum Gasteiger partial charge on any atom is -0.493 e. The number of thiazole rings is 1. The molecule has 0 fully saturated rings. The molecule has 0 aliphatic rings. The number of amides is 2. The van der Waals surface area contributed by atoms with Crippen molar-refractivity contribution >= 4 is 34.1 Å². The van der Waals surface area contributed by atoms with Gasteiger partial charge in [0.2, 0.25) is 5.91 Å². The number of aromatic amines is 1. The van der Waals surface area contributed by atoms with Gasteiger partial charge in [-0.3, -0.25) is 20.4 Å². The van der Waals surface area contributed by atoms with E-state index in [-0.39, 0.29) is 18.0 Å². The third-order valence-electron chi connectivity index (χ3n) is 4.71. The minimum atomic E-state index is -0.503. The van der Waals surface area contributed by atoms with Crippen LogP contribution in [0.1, 0.15) is 16.1 Å². The molecule has 158 valence electrons. The normalized spacial score (nSPS) is 10.6. The molecule has 9 heteroatoms. The maximum absolute atomic E-state index is 12.4. The fourth-order valence-electron chi connectivity index (χ4n) is 3.24. The van der Waals surface area contributed by atoms with Gasteiger partial charge >= 0.3 is 0 Å². The van der Waals surface area contributed by atoms with Crippen LogP contribution in [0.2, 0.25) is 0 Å². The number of methoxy groups -OCH3 is 2.